The second-order valence-electron chi connectivity index (χ2n) is 7.98. The number of phenols is 2. The highest BCUT2D eigenvalue weighted by atomic mass is 32.2. The zero-order valence-electron chi connectivity index (χ0n) is 20.0. The average Bonchev–Trinajstić information content (AvgIpc) is 2.91. The number of hydrogen-bond donors (Lipinski definition) is 2. The van der Waals surface area contributed by atoms with Gasteiger partial charge in [0.2, 0.25) is 19.7 Å². The van der Waals surface area contributed by atoms with E-state index in [1.54, 1.807) is 24.3 Å². The van der Waals surface area contributed by atoms with Crippen molar-refractivity contribution < 1.29 is 36.5 Å². The van der Waals surface area contributed by atoms with E-state index in [4.69, 9.17) is 9.47 Å². The summed E-state index contributed by atoms with van der Waals surface area (Å²) in [5, 5.41) is 19.7. The molecule has 0 saturated carbocycles. The van der Waals surface area contributed by atoms with Crippen LogP contribution in [0.25, 0.3) is 0 Å². The van der Waals surface area contributed by atoms with Crippen LogP contribution in [0.5, 0.6) is 23.0 Å². The molecule has 0 saturated heterocycles. The highest BCUT2D eigenvalue weighted by Gasteiger charge is 2.22. The van der Waals surface area contributed by atoms with E-state index in [-0.39, 0.29) is 44.3 Å². The van der Waals surface area contributed by atoms with Crippen LogP contribution in [0, 0.1) is 0 Å². The van der Waals surface area contributed by atoms with Crippen molar-refractivity contribution in [2.75, 3.05) is 13.2 Å². The fourth-order valence-electron chi connectivity index (χ4n) is 3.48. The van der Waals surface area contributed by atoms with E-state index in [0.29, 0.717) is 11.5 Å². The molecule has 8 nitrogen and oxygen atoms in total. The number of aromatic hydroxyl groups is 2. The lowest BCUT2D eigenvalue weighted by Gasteiger charge is -2.08. The third-order valence-corrected chi connectivity index (χ3v) is 9.07. The van der Waals surface area contributed by atoms with E-state index in [9.17, 15) is 27.0 Å². The molecule has 0 bridgehead atoms. The molecule has 4 aromatic carbocycles. The number of para-hydroxylation sites is 2. The Morgan fingerprint density at radius 1 is 0.526 bits per heavy atom. The Bertz CT molecular complexity index is 1520. The standard InChI is InChI=1S/C28H24O8S2/c29-25-7-1-3-9-27(25)37(31,32)23-15-11-21(12-16-23)35-19-5-6-20-36-22-13-17-24(18-14-22)38(33,34)28-10-4-2-8-26(28)30/h1-18,29-30H,19-20H2/b6-5+. The van der Waals surface area contributed by atoms with Crippen molar-refractivity contribution in [3.63, 3.8) is 0 Å². The van der Waals surface area contributed by atoms with Crippen LogP contribution < -0.4 is 9.47 Å². The van der Waals surface area contributed by atoms with Crippen LogP contribution in [0.1, 0.15) is 0 Å². The summed E-state index contributed by atoms with van der Waals surface area (Å²) in [6.45, 7) is 0.430. The van der Waals surface area contributed by atoms with Gasteiger partial charge in [0.25, 0.3) is 0 Å². The van der Waals surface area contributed by atoms with E-state index in [1.165, 1.54) is 84.9 Å². The molecule has 0 fully saturated rings. The molecule has 0 aliphatic carbocycles. The third kappa shape index (κ3) is 5.99. The third-order valence-electron chi connectivity index (χ3n) is 5.44. The maximum absolute atomic E-state index is 12.7. The molecule has 10 heteroatoms. The van der Waals surface area contributed by atoms with Crippen molar-refractivity contribution in [2.45, 2.75) is 19.6 Å². The van der Waals surface area contributed by atoms with Crippen LogP contribution in [0.2, 0.25) is 0 Å². The van der Waals surface area contributed by atoms with Gasteiger partial charge < -0.3 is 19.7 Å². The summed E-state index contributed by atoms with van der Waals surface area (Å²) in [4.78, 5) is -0.254. The second-order valence-corrected chi connectivity index (χ2v) is 11.8. The van der Waals surface area contributed by atoms with Gasteiger partial charge in [0, 0.05) is 0 Å². The van der Waals surface area contributed by atoms with E-state index in [2.05, 4.69) is 0 Å². The van der Waals surface area contributed by atoms with Gasteiger partial charge in [-0.15, -0.1) is 0 Å². The summed E-state index contributed by atoms with van der Waals surface area (Å²) in [5.74, 6) is 0.309. The van der Waals surface area contributed by atoms with E-state index < -0.39 is 19.7 Å². The molecule has 196 valence electrons. The van der Waals surface area contributed by atoms with Crippen molar-refractivity contribution >= 4 is 19.7 Å². The first-order valence-corrected chi connectivity index (χ1v) is 14.3. The largest absolute Gasteiger partial charge is 0.507 e. The first kappa shape index (κ1) is 26.8. The lowest BCUT2D eigenvalue weighted by atomic mass is 10.3. The van der Waals surface area contributed by atoms with Crippen LogP contribution >= 0.6 is 0 Å². The van der Waals surface area contributed by atoms with Gasteiger partial charge >= 0.3 is 0 Å². The fourth-order valence-corrected chi connectivity index (χ4v) is 6.18. The van der Waals surface area contributed by atoms with Gasteiger partial charge in [-0.3, -0.25) is 0 Å². The smallest absolute Gasteiger partial charge is 0.210 e. The van der Waals surface area contributed by atoms with Crippen LogP contribution in [0.3, 0.4) is 0 Å². The number of rotatable bonds is 10. The Morgan fingerprint density at radius 2 is 0.868 bits per heavy atom. The minimum absolute atomic E-state index is 0.0367. The van der Waals surface area contributed by atoms with Crippen molar-refractivity contribution in [3.05, 3.63) is 109 Å². The normalized spacial score (nSPS) is 11.9. The molecule has 38 heavy (non-hydrogen) atoms. The number of sulfone groups is 2. The Hall–Kier alpha value is -4.28. The molecule has 4 aromatic rings. The molecule has 2 N–H and O–H groups in total. The van der Waals surface area contributed by atoms with Gasteiger partial charge in [-0.1, -0.05) is 24.3 Å². The van der Waals surface area contributed by atoms with Crippen LogP contribution in [-0.2, 0) is 19.7 Å². The molecule has 4 rings (SSSR count). The molecule has 0 spiro atoms. The minimum Gasteiger partial charge on any atom is -0.507 e. The summed E-state index contributed by atoms with van der Waals surface area (Å²) in [7, 11) is -7.71. The Balaban J connectivity index is 1.27. The molecule has 0 aromatic heterocycles. The predicted molar refractivity (Wildman–Crippen MR) is 140 cm³/mol. The number of ether oxygens (including phenoxy) is 2. The summed E-state index contributed by atoms with van der Waals surface area (Å²) < 4.78 is 62.0. The fraction of sp³-hybridized carbons (Fsp3) is 0.0714. The van der Waals surface area contributed by atoms with Crippen molar-refractivity contribution in [3.8, 4) is 23.0 Å². The summed E-state index contributed by atoms with van der Waals surface area (Å²) in [6.07, 6.45) is 3.45. The van der Waals surface area contributed by atoms with Crippen molar-refractivity contribution in [1.82, 2.24) is 0 Å². The Labute approximate surface area is 220 Å². The second kappa shape index (κ2) is 11.4. The van der Waals surface area contributed by atoms with Crippen molar-refractivity contribution in [1.29, 1.82) is 0 Å². The zero-order valence-corrected chi connectivity index (χ0v) is 21.6. The summed E-state index contributed by atoms with van der Waals surface area (Å²) in [6, 6.07) is 23.3. The highest BCUT2D eigenvalue weighted by Crippen LogP contribution is 2.30. The van der Waals surface area contributed by atoms with Gasteiger partial charge in [0.1, 0.15) is 46.0 Å². The first-order chi connectivity index (χ1) is 18.2. The summed E-state index contributed by atoms with van der Waals surface area (Å²) >= 11 is 0. The van der Waals surface area contributed by atoms with Crippen LogP contribution in [-0.4, -0.2) is 40.3 Å². The molecule has 0 amide bonds. The first-order valence-electron chi connectivity index (χ1n) is 11.4. The zero-order chi connectivity index (χ0) is 27.2. The van der Waals surface area contributed by atoms with Crippen LogP contribution in [0.15, 0.2) is 129 Å². The molecular formula is C28H24O8S2. The lowest BCUT2D eigenvalue weighted by Crippen LogP contribution is -2.03. The number of phenolic OH excluding ortho intramolecular Hbond substituents is 2. The topological polar surface area (TPSA) is 127 Å². The quantitative estimate of drug-likeness (QED) is 0.269. The predicted octanol–water partition coefficient (Wildman–Crippen LogP) is 4.78. The summed E-state index contributed by atoms with van der Waals surface area (Å²) in [5.41, 5.74) is 0. The average molecular weight is 553 g/mol. The molecule has 0 aliphatic heterocycles. The molecule has 0 heterocycles. The van der Waals surface area contributed by atoms with Gasteiger partial charge in [-0.25, -0.2) is 16.8 Å². The van der Waals surface area contributed by atoms with Crippen molar-refractivity contribution in [2.24, 2.45) is 0 Å². The monoisotopic (exact) mass is 552 g/mol. The lowest BCUT2D eigenvalue weighted by molar-refractivity contribution is 0.350. The van der Waals surface area contributed by atoms with Gasteiger partial charge in [-0.05, 0) is 84.9 Å². The van der Waals surface area contributed by atoms with E-state index >= 15 is 0 Å². The number of benzene rings is 4. The molecule has 0 atom stereocenters. The van der Waals surface area contributed by atoms with Gasteiger partial charge in [-0.2, -0.15) is 0 Å². The molecule has 0 aliphatic rings. The minimum atomic E-state index is -3.85. The van der Waals surface area contributed by atoms with Gasteiger partial charge in [0.05, 0.1) is 9.79 Å². The Kier molecular flexibility index (Phi) is 8.04. The SMILES string of the molecule is O=S(=O)(c1ccc(OC/C=C/COc2ccc(S(=O)(=O)c3ccccc3O)cc2)cc1)c1ccccc1O. The van der Waals surface area contributed by atoms with E-state index in [0.717, 1.165) is 0 Å². The Morgan fingerprint density at radius 3 is 1.21 bits per heavy atom. The highest BCUT2D eigenvalue weighted by molar-refractivity contribution is 7.92. The molecular weight excluding hydrogens is 528 g/mol. The number of hydrogen-bond acceptors (Lipinski definition) is 8. The molecule has 0 unspecified atom stereocenters. The maximum Gasteiger partial charge on any atom is 0.210 e. The maximum atomic E-state index is 12.7. The van der Waals surface area contributed by atoms with Gasteiger partial charge in [0.15, 0.2) is 0 Å². The molecule has 0 radical (unpaired) electrons. The van der Waals surface area contributed by atoms with E-state index in [1.807, 2.05) is 0 Å². The van der Waals surface area contributed by atoms with Crippen LogP contribution in [0.4, 0.5) is 0 Å².